The van der Waals surface area contributed by atoms with Crippen molar-refractivity contribution >= 4 is 28.8 Å². The maximum atomic E-state index is 11.4. The van der Waals surface area contributed by atoms with Gasteiger partial charge in [-0.15, -0.1) is 0 Å². The van der Waals surface area contributed by atoms with E-state index in [1.165, 1.54) is 0 Å². The Hall–Kier alpha value is -1.49. The highest BCUT2D eigenvalue weighted by Crippen LogP contribution is 2.27. The van der Waals surface area contributed by atoms with Crippen LogP contribution in [0.25, 0.3) is 11.0 Å². The van der Waals surface area contributed by atoms with Crippen molar-refractivity contribution in [1.29, 1.82) is 0 Å². The molecule has 0 radical (unpaired) electrons. The highest BCUT2D eigenvalue weighted by molar-refractivity contribution is 7.98. The lowest BCUT2D eigenvalue weighted by Crippen LogP contribution is -2.14. The fourth-order valence-corrected chi connectivity index (χ4v) is 3.22. The van der Waals surface area contributed by atoms with E-state index in [1.807, 2.05) is 13.0 Å². The molecule has 0 aliphatic heterocycles. The first-order valence-corrected chi connectivity index (χ1v) is 7.69. The quantitative estimate of drug-likeness (QED) is 0.911. The van der Waals surface area contributed by atoms with Crippen LogP contribution in [0.15, 0.2) is 18.2 Å². The number of imidazole rings is 1. The molecule has 1 N–H and O–H groups in total. The highest BCUT2D eigenvalue weighted by atomic mass is 32.2. The number of benzene rings is 1. The highest BCUT2D eigenvalue weighted by Gasteiger charge is 2.20. The summed E-state index contributed by atoms with van der Waals surface area (Å²) >= 11 is 1.77. The minimum atomic E-state index is -0.897. The molecule has 2 rings (SSSR count). The number of para-hydroxylation sites is 1. The summed E-state index contributed by atoms with van der Waals surface area (Å²) in [6, 6.07) is 5.55. The second-order valence-corrected chi connectivity index (χ2v) is 5.44. The molecule has 0 fully saturated rings. The van der Waals surface area contributed by atoms with Crippen LogP contribution >= 0.6 is 11.8 Å². The Morgan fingerprint density at radius 3 is 2.84 bits per heavy atom. The third kappa shape index (κ3) is 2.47. The van der Waals surface area contributed by atoms with Gasteiger partial charge in [0.25, 0.3) is 0 Å². The molecular formula is C14H18N2O2S. The van der Waals surface area contributed by atoms with Crippen LogP contribution in [0.1, 0.15) is 35.6 Å². The zero-order valence-electron chi connectivity index (χ0n) is 11.4. The lowest BCUT2D eigenvalue weighted by Gasteiger charge is -2.19. The van der Waals surface area contributed by atoms with Gasteiger partial charge >= 0.3 is 5.97 Å². The lowest BCUT2D eigenvalue weighted by atomic mass is 10.1. The first kappa shape index (κ1) is 13.9. The Balaban J connectivity index is 2.71. The SMILES string of the molecule is CCC(CSC)n1c(C)nc2cccc(C(=O)O)c21. The summed E-state index contributed by atoms with van der Waals surface area (Å²) in [7, 11) is 0. The molecule has 0 saturated heterocycles. The van der Waals surface area contributed by atoms with E-state index in [0.717, 1.165) is 29.0 Å². The van der Waals surface area contributed by atoms with E-state index in [9.17, 15) is 9.90 Å². The first-order chi connectivity index (χ1) is 9.10. The van der Waals surface area contributed by atoms with Crippen molar-refractivity contribution < 1.29 is 9.90 Å². The molecule has 2 aromatic rings. The van der Waals surface area contributed by atoms with E-state index >= 15 is 0 Å². The molecule has 4 nitrogen and oxygen atoms in total. The summed E-state index contributed by atoms with van der Waals surface area (Å²) in [4.78, 5) is 15.9. The molecule has 1 atom stereocenters. The van der Waals surface area contributed by atoms with Gasteiger partial charge in [-0.3, -0.25) is 0 Å². The van der Waals surface area contributed by atoms with Gasteiger partial charge in [-0.05, 0) is 31.7 Å². The van der Waals surface area contributed by atoms with Crippen molar-refractivity contribution in [3.8, 4) is 0 Å². The van der Waals surface area contributed by atoms with Crippen molar-refractivity contribution in [2.75, 3.05) is 12.0 Å². The molecular weight excluding hydrogens is 260 g/mol. The Kier molecular flexibility index (Phi) is 4.14. The maximum absolute atomic E-state index is 11.4. The summed E-state index contributed by atoms with van der Waals surface area (Å²) in [5.41, 5.74) is 1.84. The summed E-state index contributed by atoms with van der Waals surface area (Å²) in [5.74, 6) is 0.937. The normalized spacial score (nSPS) is 12.8. The van der Waals surface area contributed by atoms with Crippen molar-refractivity contribution in [2.24, 2.45) is 0 Å². The molecule has 0 spiro atoms. The van der Waals surface area contributed by atoms with Crippen molar-refractivity contribution in [2.45, 2.75) is 26.3 Å². The van der Waals surface area contributed by atoms with Crippen LogP contribution in [-0.4, -0.2) is 32.6 Å². The van der Waals surface area contributed by atoms with Gasteiger partial charge in [0.15, 0.2) is 0 Å². The number of hydrogen-bond acceptors (Lipinski definition) is 3. The smallest absolute Gasteiger partial charge is 0.337 e. The molecule has 1 heterocycles. The van der Waals surface area contributed by atoms with E-state index < -0.39 is 5.97 Å². The van der Waals surface area contributed by atoms with E-state index in [-0.39, 0.29) is 6.04 Å². The van der Waals surface area contributed by atoms with Crippen LogP contribution < -0.4 is 0 Å². The van der Waals surface area contributed by atoms with E-state index in [4.69, 9.17) is 0 Å². The number of nitrogens with zero attached hydrogens (tertiary/aromatic N) is 2. The molecule has 0 saturated carbocycles. The zero-order chi connectivity index (χ0) is 14.0. The molecule has 0 amide bonds. The number of aryl methyl sites for hydroxylation is 1. The molecule has 0 bridgehead atoms. The van der Waals surface area contributed by atoms with Gasteiger partial charge in [0.2, 0.25) is 0 Å². The third-order valence-corrected chi connectivity index (χ3v) is 4.03. The molecule has 1 unspecified atom stereocenters. The number of rotatable bonds is 5. The average Bonchev–Trinajstić information content (AvgIpc) is 2.71. The van der Waals surface area contributed by atoms with Gasteiger partial charge in [-0.2, -0.15) is 11.8 Å². The van der Waals surface area contributed by atoms with E-state index in [2.05, 4.69) is 22.7 Å². The number of carboxylic acid groups (broad SMARTS) is 1. The van der Waals surface area contributed by atoms with Gasteiger partial charge < -0.3 is 9.67 Å². The zero-order valence-corrected chi connectivity index (χ0v) is 12.2. The Bertz CT molecular complexity index is 607. The fourth-order valence-electron chi connectivity index (χ4n) is 2.45. The summed E-state index contributed by atoms with van der Waals surface area (Å²) in [5, 5.41) is 9.35. The van der Waals surface area contributed by atoms with Crippen LogP contribution in [-0.2, 0) is 0 Å². The Labute approximate surface area is 116 Å². The predicted octanol–water partition coefficient (Wildman–Crippen LogP) is 3.36. The minimum Gasteiger partial charge on any atom is -0.478 e. The van der Waals surface area contributed by atoms with Crippen molar-refractivity contribution in [1.82, 2.24) is 9.55 Å². The summed E-state index contributed by atoms with van der Waals surface area (Å²) in [6.07, 6.45) is 3.02. The Morgan fingerprint density at radius 2 is 2.26 bits per heavy atom. The molecule has 1 aromatic carbocycles. The second-order valence-electron chi connectivity index (χ2n) is 4.52. The van der Waals surface area contributed by atoms with Gasteiger partial charge in [-0.1, -0.05) is 13.0 Å². The number of hydrogen-bond donors (Lipinski definition) is 1. The number of thioether (sulfide) groups is 1. The summed E-state index contributed by atoms with van der Waals surface area (Å²) in [6.45, 7) is 4.06. The van der Waals surface area contributed by atoms with Crippen LogP contribution in [0.4, 0.5) is 0 Å². The molecule has 0 aliphatic carbocycles. The van der Waals surface area contributed by atoms with Crippen molar-refractivity contribution in [3.63, 3.8) is 0 Å². The number of carbonyl (C=O) groups is 1. The van der Waals surface area contributed by atoms with Gasteiger partial charge in [0.1, 0.15) is 5.82 Å². The van der Waals surface area contributed by atoms with Gasteiger partial charge in [0.05, 0.1) is 16.6 Å². The monoisotopic (exact) mass is 278 g/mol. The standard InChI is InChI=1S/C14H18N2O2S/c1-4-10(8-19-3)16-9(2)15-12-7-5-6-11(13(12)16)14(17)18/h5-7,10H,4,8H2,1-3H3,(H,17,18). The number of aromatic nitrogens is 2. The largest absolute Gasteiger partial charge is 0.478 e. The average molecular weight is 278 g/mol. The molecule has 5 heteroatoms. The van der Waals surface area contributed by atoms with Crippen LogP contribution in [0.3, 0.4) is 0 Å². The topological polar surface area (TPSA) is 55.1 Å². The minimum absolute atomic E-state index is 0.278. The predicted molar refractivity (Wildman–Crippen MR) is 79.1 cm³/mol. The third-order valence-electron chi connectivity index (χ3n) is 3.31. The van der Waals surface area contributed by atoms with Gasteiger partial charge in [-0.25, -0.2) is 9.78 Å². The first-order valence-electron chi connectivity index (χ1n) is 6.29. The molecule has 102 valence electrons. The molecule has 0 aliphatic rings. The Morgan fingerprint density at radius 1 is 1.53 bits per heavy atom. The summed E-state index contributed by atoms with van der Waals surface area (Å²) < 4.78 is 2.08. The fraction of sp³-hybridized carbons (Fsp3) is 0.429. The number of aromatic carboxylic acids is 1. The van der Waals surface area contributed by atoms with Gasteiger partial charge in [0, 0.05) is 11.8 Å². The van der Waals surface area contributed by atoms with Crippen LogP contribution in [0.5, 0.6) is 0 Å². The number of carboxylic acids is 1. The number of fused-ring (bicyclic) bond motifs is 1. The van der Waals surface area contributed by atoms with Crippen molar-refractivity contribution in [3.05, 3.63) is 29.6 Å². The van der Waals surface area contributed by atoms with Crippen LogP contribution in [0, 0.1) is 6.92 Å². The molecule has 1 aromatic heterocycles. The van der Waals surface area contributed by atoms with E-state index in [0.29, 0.717) is 5.56 Å². The van der Waals surface area contributed by atoms with Crippen LogP contribution in [0.2, 0.25) is 0 Å². The lowest BCUT2D eigenvalue weighted by molar-refractivity contribution is 0.0698. The maximum Gasteiger partial charge on any atom is 0.337 e. The second kappa shape index (κ2) is 5.65. The molecule has 19 heavy (non-hydrogen) atoms. The van der Waals surface area contributed by atoms with E-state index in [1.54, 1.807) is 23.9 Å².